The zero-order chi connectivity index (χ0) is 36.2. The Bertz CT molecular complexity index is 1510. The van der Waals surface area contributed by atoms with E-state index in [0.717, 1.165) is 80.5 Å². The number of nitrogens with two attached hydrogens (primary N) is 4. The molecule has 0 atom stereocenters. The highest BCUT2D eigenvalue weighted by atomic mass is 28.4. The van der Waals surface area contributed by atoms with Crippen LogP contribution in [0, 0.1) is 27.7 Å². The average molecular weight is 701 g/mol. The maximum absolute atomic E-state index is 6.47. The lowest BCUT2D eigenvalue weighted by molar-refractivity contribution is 0.378. The largest absolute Gasteiger partial charge is 0.512 e. The Morgan fingerprint density at radius 3 is 1.31 bits per heavy atom. The van der Waals surface area contributed by atoms with E-state index in [1.807, 2.05) is 120 Å². The van der Waals surface area contributed by atoms with Gasteiger partial charge in [-0.1, -0.05) is 32.3 Å². The molecule has 0 amide bonds. The molecule has 0 radical (unpaired) electrons. The minimum absolute atomic E-state index is 0.716. The first-order valence-electron chi connectivity index (χ1n) is 17.0. The van der Waals surface area contributed by atoms with Crippen molar-refractivity contribution < 1.29 is 17.7 Å². The molecular formula is C39H56N4O4Si2. The first-order valence-corrected chi connectivity index (χ1v) is 22.0. The van der Waals surface area contributed by atoms with E-state index in [9.17, 15) is 0 Å². The Hall–Kier alpha value is -4.55. The van der Waals surface area contributed by atoms with Crippen LogP contribution in [0.15, 0.2) is 85.5 Å². The van der Waals surface area contributed by atoms with Crippen molar-refractivity contribution in [2.45, 2.75) is 85.5 Å². The average Bonchev–Trinajstić information content (AvgIpc) is 3.03. The summed E-state index contributed by atoms with van der Waals surface area (Å²) in [4.78, 5) is 0. The van der Waals surface area contributed by atoms with Gasteiger partial charge in [-0.2, -0.15) is 0 Å². The number of hydrogen-bond donors (Lipinski definition) is 4. The van der Waals surface area contributed by atoms with Gasteiger partial charge in [0, 0.05) is 47.9 Å². The maximum atomic E-state index is 6.47. The van der Waals surface area contributed by atoms with Gasteiger partial charge in [-0.15, -0.1) is 6.58 Å². The number of benzene rings is 4. The highest BCUT2D eigenvalue weighted by Crippen LogP contribution is 2.31. The van der Waals surface area contributed by atoms with Gasteiger partial charge in [0.2, 0.25) is 0 Å². The minimum atomic E-state index is -2.56. The van der Waals surface area contributed by atoms with Gasteiger partial charge in [0.05, 0.1) is 0 Å². The molecular weight excluding hydrogens is 645 g/mol. The van der Waals surface area contributed by atoms with Gasteiger partial charge in [0.25, 0.3) is 0 Å². The van der Waals surface area contributed by atoms with Crippen molar-refractivity contribution in [3.05, 3.63) is 108 Å². The van der Waals surface area contributed by atoms with E-state index in [0.29, 0.717) is 6.04 Å². The van der Waals surface area contributed by atoms with Crippen molar-refractivity contribution in [1.82, 2.24) is 0 Å². The van der Waals surface area contributed by atoms with E-state index in [4.69, 9.17) is 40.6 Å². The lowest BCUT2D eigenvalue weighted by atomic mass is 10.1. The molecule has 0 aromatic heterocycles. The lowest BCUT2D eigenvalue weighted by Gasteiger charge is -2.31. The van der Waals surface area contributed by atoms with Crippen LogP contribution >= 0.6 is 0 Å². The molecule has 0 spiro atoms. The first-order chi connectivity index (χ1) is 23.2. The summed E-state index contributed by atoms with van der Waals surface area (Å²) in [6.45, 7) is 18.1. The normalized spacial score (nSPS) is 11.2. The fourth-order valence-electron chi connectivity index (χ4n) is 5.43. The van der Waals surface area contributed by atoms with Crippen LogP contribution in [-0.4, -0.2) is 17.1 Å². The zero-order valence-electron chi connectivity index (χ0n) is 30.4. The third kappa shape index (κ3) is 12.1. The first kappa shape index (κ1) is 38.9. The molecule has 264 valence electrons. The molecule has 10 heteroatoms. The molecule has 8 N–H and O–H groups in total. The predicted octanol–water partition coefficient (Wildman–Crippen LogP) is 9.76. The van der Waals surface area contributed by atoms with Gasteiger partial charge in [-0.25, -0.2) is 0 Å². The topological polar surface area (TPSA) is 141 Å². The number of hydrogen-bond acceptors (Lipinski definition) is 8. The van der Waals surface area contributed by atoms with Crippen molar-refractivity contribution >= 4 is 39.9 Å². The number of nitrogen functional groups attached to an aromatic ring is 4. The maximum Gasteiger partial charge on any atom is 0.464 e. The smallest absolute Gasteiger partial charge is 0.464 e. The van der Waals surface area contributed by atoms with Crippen molar-refractivity contribution in [3.8, 4) is 23.0 Å². The van der Waals surface area contributed by atoms with E-state index in [1.165, 1.54) is 19.3 Å². The third-order valence-corrected chi connectivity index (χ3v) is 12.8. The van der Waals surface area contributed by atoms with E-state index >= 15 is 0 Å². The van der Waals surface area contributed by atoms with E-state index in [-0.39, 0.29) is 0 Å². The van der Waals surface area contributed by atoms with Crippen molar-refractivity contribution in [2.75, 3.05) is 22.9 Å². The number of unbranched alkanes of at least 4 members (excludes halogenated alkanes) is 3. The monoisotopic (exact) mass is 700 g/mol. The molecule has 0 fully saturated rings. The third-order valence-electron chi connectivity index (χ3n) is 8.10. The predicted molar refractivity (Wildman–Crippen MR) is 212 cm³/mol. The summed E-state index contributed by atoms with van der Waals surface area (Å²) < 4.78 is 25.3. The van der Waals surface area contributed by atoms with E-state index < -0.39 is 17.1 Å². The molecule has 0 unspecified atom stereocenters. The molecule has 4 aromatic rings. The summed E-state index contributed by atoms with van der Waals surface area (Å²) in [7, 11) is -4.95. The molecule has 0 saturated carbocycles. The molecule has 0 aliphatic rings. The van der Waals surface area contributed by atoms with Crippen LogP contribution in [-0.2, 0) is 0 Å². The SMILES string of the molecule is C=CC[Si](CCCCCC)(Oc1ccc(N)cc1)Oc1ccc(N)cc1.Cc1cc(O[Si](C)(C)Oc2cc(C)c(N)c(C)c2)cc(C)c1N. The minimum Gasteiger partial charge on any atom is -0.512 e. The van der Waals surface area contributed by atoms with Crippen LogP contribution in [0.3, 0.4) is 0 Å². The number of allylic oxidation sites excluding steroid dienone is 1. The summed E-state index contributed by atoms with van der Waals surface area (Å²) in [6, 6.07) is 24.5. The second kappa shape index (κ2) is 17.7. The summed E-state index contributed by atoms with van der Waals surface area (Å²) in [5.41, 5.74) is 30.7. The molecule has 0 aliphatic heterocycles. The van der Waals surface area contributed by atoms with Gasteiger partial charge in [0.1, 0.15) is 23.0 Å². The van der Waals surface area contributed by atoms with Crippen LogP contribution < -0.4 is 40.6 Å². The second-order valence-electron chi connectivity index (χ2n) is 13.1. The fourth-order valence-corrected chi connectivity index (χ4v) is 9.82. The number of aryl methyl sites for hydroxylation is 4. The number of rotatable bonds is 15. The Labute approximate surface area is 295 Å². The highest BCUT2D eigenvalue weighted by molar-refractivity contribution is 6.69. The Kier molecular flexibility index (Phi) is 14.1. The van der Waals surface area contributed by atoms with Crippen LogP contribution in [0.5, 0.6) is 23.0 Å². The summed E-state index contributed by atoms with van der Waals surface area (Å²) in [5, 5.41) is 0. The Balaban J connectivity index is 0.000000267. The lowest BCUT2D eigenvalue weighted by Crippen LogP contribution is -2.48. The van der Waals surface area contributed by atoms with Gasteiger partial charge in [-0.05, 0) is 129 Å². The molecule has 0 bridgehead atoms. The molecule has 0 saturated heterocycles. The van der Waals surface area contributed by atoms with Gasteiger partial charge >= 0.3 is 17.1 Å². The molecule has 4 aromatic carbocycles. The van der Waals surface area contributed by atoms with E-state index in [2.05, 4.69) is 13.5 Å². The van der Waals surface area contributed by atoms with Crippen LogP contribution in [0.4, 0.5) is 22.7 Å². The van der Waals surface area contributed by atoms with Crippen molar-refractivity contribution in [3.63, 3.8) is 0 Å². The number of anilines is 4. The van der Waals surface area contributed by atoms with Gasteiger partial charge < -0.3 is 40.6 Å². The van der Waals surface area contributed by atoms with Gasteiger partial charge in [-0.3, -0.25) is 0 Å². The van der Waals surface area contributed by atoms with Crippen LogP contribution in [0.25, 0.3) is 0 Å². The molecule has 4 rings (SSSR count). The highest BCUT2D eigenvalue weighted by Gasteiger charge is 2.40. The van der Waals surface area contributed by atoms with Crippen molar-refractivity contribution in [2.24, 2.45) is 0 Å². The Morgan fingerprint density at radius 2 is 0.959 bits per heavy atom. The van der Waals surface area contributed by atoms with Gasteiger partial charge in [0.15, 0.2) is 0 Å². The van der Waals surface area contributed by atoms with E-state index in [1.54, 1.807) is 0 Å². The summed E-state index contributed by atoms with van der Waals surface area (Å²) >= 11 is 0. The fraction of sp³-hybridized carbons (Fsp3) is 0.333. The molecule has 8 nitrogen and oxygen atoms in total. The summed E-state index contributed by atoms with van der Waals surface area (Å²) in [5.74, 6) is 3.18. The molecule has 0 aliphatic carbocycles. The molecule has 0 heterocycles. The van der Waals surface area contributed by atoms with Crippen LogP contribution in [0.2, 0.25) is 25.2 Å². The summed E-state index contributed by atoms with van der Waals surface area (Å²) in [6.07, 6.45) is 6.59. The second-order valence-corrected chi connectivity index (χ2v) is 19.4. The quantitative estimate of drug-likeness (QED) is 0.0416. The molecule has 49 heavy (non-hydrogen) atoms. The Morgan fingerprint density at radius 1 is 0.571 bits per heavy atom. The van der Waals surface area contributed by atoms with Crippen molar-refractivity contribution in [1.29, 1.82) is 0 Å². The van der Waals surface area contributed by atoms with Crippen LogP contribution in [0.1, 0.15) is 54.9 Å². The standard InChI is InChI=1S/C21H30N2O2Si.C18H26N2O2Si/c1-3-5-6-7-17-26(16-4-2,24-20-12-8-18(22)9-13-20)25-21-14-10-19(23)11-15-21;1-11-7-15(8-12(2)17(11)19)21-23(5,6)22-16-9-13(3)18(20)14(4)10-16/h4,8-15H,2-3,5-7,16-17,22-23H2,1H3;7-10H,19-20H2,1-6H3. The zero-order valence-corrected chi connectivity index (χ0v) is 32.4.